The standard InChI is InChI=1S/C5H6O3/c6-3-4-1-2-8-5(4)7/h3-4H,1-2H2/t4-/m0/s1. The summed E-state index contributed by atoms with van der Waals surface area (Å²) in [4.78, 5) is 20.3. The van der Waals surface area contributed by atoms with Crippen LogP contribution in [0.2, 0.25) is 0 Å². The number of esters is 1. The Balaban J connectivity index is 2.54. The molecule has 0 aromatic carbocycles. The lowest BCUT2D eigenvalue weighted by molar-refractivity contribution is -0.142. The number of ether oxygens (including phenoxy) is 1. The molecule has 1 heterocycles. The molecular weight excluding hydrogens is 108 g/mol. The molecule has 1 aliphatic heterocycles. The normalized spacial score (nSPS) is 27.5. The first kappa shape index (κ1) is 5.28. The fourth-order valence-corrected chi connectivity index (χ4v) is 0.635. The summed E-state index contributed by atoms with van der Waals surface area (Å²) in [5.41, 5.74) is 0. The SMILES string of the molecule is O=C[C@@H]1CCOC1=O. The highest BCUT2D eigenvalue weighted by molar-refractivity contribution is 5.88. The van der Waals surface area contributed by atoms with E-state index in [2.05, 4.69) is 4.74 Å². The van der Waals surface area contributed by atoms with Gasteiger partial charge >= 0.3 is 5.97 Å². The molecule has 0 spiro atoms. The molecule has 0 saturated carbocycles. The summed E-state index contributed by atoms with van der Waals surface area (Å²) >= 11 is 0. The van der Waals surface area contributed by atoms with Crippen LogP contribution in [0.15, 0.2) is 0 Å². The Morgan fingerprint density at radius 1 is 1.75 bits per heavy atom. The molecule has 1 saturated heterocycles. The number of cyclic esters (lactones) is 1. The van der Waals surface area contributed by atoms with Gasteiger partial charge in [0, 0.05) is 6.42 Å². The molecule has 44 valence electrons. The Hall–Kier alpha value is -0.860. The van der Waals surface area contributed by atoms with Gasteiger partial charge in [-0.2, -0.15) is 0 Å². The van der Waals surface area contributed by atoms with Crippen LogP contribution >= 0.6 is 0 Å². The van der Waals surface area contributed by atoms with Crippen LogP contribution < -0.4 is 0 Å². The third kappa shape index (κ3) is 0.710. The summed E-state index contributed by atoms with van der Waals surface area (Å²) < 4.78 is 4.49. The van der Waals surface area contributed by atoms with E-state index >= 15 is 0 Å². The zero-order valence-electron chi connectivity index (χ0n) is 4.29. The van der Waals surface area contributed by atoms with Crippen LogP contribution in [0.4, 0.5) is 0 Å². The van der Waals surface area contributed by atoms with Gasteiger partial charge in [0.1, 0.15) is 12.2 Å². The summed E-state index contributed by atoms with van der Waals surface area (Å²) in [7, 11) is 0. The highest BCUT2D eigenvalue weighted by Gasteiger charge is 2.25. The van der Waals surface area contributed by atoms with Gasteiger partial charge in [0.05, 0.1) is 6.61 Å². The third-order valence-electron chi connectivity index (χ3n) is 1.14. The summed E-state index contributed by atoms with van der Waals surface area (Å²) in [5.74, 6) is -0.852. The van der Waals surface area contributed by atoms with E-state index in [-0.39, 0.29) is 5.97 Å². The van der Waals surface area contributed by atoms with Gasteiger partial charge < -0.3 is 9.53 Å². The van der Waals surface area contributed by atoms with Crippen LogP contribution in [-0.2, 0) is 14.3 Å². The molecule has 1 fully saturated rings. The van der Waals surface area contributed by atoms with Gasteiger partial charge in [-0.25, -0.2) is 0 Å². The van der Waals surface area contributed by atoms with Crippen molar-refractivity contribution in [3.05, 3.63) is 0 Å². The van der Waals surface area contributed by atoms with E-state index in [0.29, 0.717) is 19.3 Å². The van der Waals surface area contributed by atoms with Gasteiger partial charge in [-0.1, -0.05) is 0 Å². The van der Waals surface area contributed by atoms with Gasteiger partial charge in [-0.15, -0.1) is 0 Å². The first-order chi connectivity index (χ1) is 3.84. The Kier molecular flexibility index (Phi) is 1.28. The van der Waals surface area contributed by atoms with Gasteiger partial charge in [0.15, 0.2) is 0 Å². The molecule has 0 aliphatic carbocycles. The molecule has 0 aromatic rings. The number of aldehydes is 1. The Labute approximate surface area is 46.6 Å². The van der Waals surface area contributed by atoms with Crippen molar-refractivity contribution >= 4 is 12.3 Å². The molecular formula is C5H6O3. The minimum atomic E-state index is -0.477. The van der Waals surface area contributed by atoms with E-state index in [1.54, 1.807) is 0 Å². The zero-order valence-corrected chi connectivity index (χ0v) is 4.29. The quantitative estimate of drug-likeness (QED) is 0.268. The second-order valence-corrected chi connectivity index (χ2v) is 1.70. The molecule has 1 rings (SSSR count). The van der Waals surface area contributed by atoms with Crippen LogP contribution in [-0.4, -0.2) is 18.9 Å². The van der Waals surface area contributed by atoms with Gasteiger partial charge in [-0.3, -0.25) is 4.79 Å². The minimum absolute atomic E-state index is 0.375. The van der Waals surface area contributed by atoms with E-state index in [1.807, 2.05) is 0 Å². The summed E-state index contributed by atoms with van der Waals surface area (Å²) in [6.45, 7) is 0.405. The van der Waals surface area contributed by atoms with E-state index in [9.17, 15) is 9.59 Å². The van der Waals surface area contributed by atoms with Crippen molar-refractivity contribution in [2.24, 2.45) is 5.92 Å². The molecule has 1 atom stereocenters. The number of carbonyl (C=O) groups excluding carboxylic acids is 2. The first-order valence-electron chi connectivity index (χ1n) is 2.46. The average molecular weight is 114 g/mol. The monoisotopic (exact) mass is 114 g/mol. The van der Waals surface area contributed by atoms with Crippen LogP contribution in [0.25, 0.3) is 0 Å². The summed E-state index contributed by atoms with van der Waals surface area (Å²) in [6.07, 6.45) is 1.19. The lowest BCUT2D eigenvalue weighted by Gasteiger charge is -1.87. The Morgan fingerprint density at radius 2 is 2.50 bits per heavy atom. The maximum atomic E-state index is 10.4. The van der Waals surface area contributed by atoms with Crippen molar-refractivity contribution < 1.29 is 14.3 Å². The Bertz CT molecular complexity index is 119. The van der Waals surface area contributed by atoms with Crippen LogP contribution in [0.3, 0.4) is 0 Å². The number of rotatable bonds is 1. The van der Waals surface area contributed by atoms with E-state index in [4.69, 9.17) is 0 Å². The van der Waals surface area contributed by atoms with Crippen molar-refractivity contribution in [3.8, 4) is 0 Å². The second-order valence-electron chi connectivity index (χ2n) is 1.70. The molecule has 3 heteroatoms. The lowest BCUT2D eigenvalue weighted by atomic mass is 10.1. The van der Waals surface area contributed by atoms with Crippen molar-refractivity contribution in [2.75, 3.05) is 6.61 Å². The second kappa shape index (κ2) is 1.94. The van der Waals surface area contributed by atoms with Gasteiger partial charge in [0.25, 0.3) is 0 Å². The van der Waals surface area contributed by atoms with Crippen molar-refractivity contribution in [2.45, 2.75) is 6.42 Å². The fraction of sp³-hybridized carbons (Fsp3) is 0.600. The van der Waals surface area contributed by atoms with Crippen molar-refractivity contribution in [1.29, 1.82) is 0 Å². The molecule has 3 nitrogen and oxygen atoms in total. The maximum absolute atomic E-state index is 10.4. The number of carbonyl (C=O) groups is 2. The predicted molar refractivity (Wildman–Crippen MR) is 25.1 cm³/mol. The van der Waals surface area contributed by atoms with E-state index in [1.165, 1.54) is 0 Å². The smallest absolute Gasteiger partial charge is 0.316 e. The highest BCUT2D eigenvalue weighted by Crippen LogP contribution is 2.10. The summed E-state index contributed by atoms with van der Waals surface area (Å²) in [6, 6.07) is 0. The molecule has 0 N–H and O–H groups in total. The Morgan fingerprint density at radius 3 is 2.75 bits per heavy atom. The van der Waals surface area contributed by atoms with Gasteiger partial charge in [-0.05, 0) is 0 Å². The molecule has 0 radical (unpaired) electrons. The highest BCUT2D eigenvalue weighted by atomic mass is 16.5. The van der Waals surface area contributed by atoms with Crippen molar-refractivity contribution in [1.82, 2.24) is 0 Å². The van der Waals surface area contributed by atoms with E-state index < -0.39 is 5.92 Å². The molecule has 1 aliphatic rings. The van der Waals surface area contributed by atoms with Crippen LogP contribution in [0, 0.1) is 5.92 Å². The summed E-state index contributed by atoms with van der Waals surface area (Å²) in [5, 5.41) is 0. The maximum Gasteiger partial charge on any atom is 0.316 e. The molecule has 8 heavy (non-hydrogen) atoms. The molecule has 0 amide bonds. The van der Waals surface area contributed by atoms with Gasteiger partial charge in [0.2, 0.25) is 0 Å². The number of hydrogen-bond donors (Lipinski definition) is 0. The zero-order chi connectivity index (χ0) is 5.98. The van der Waals surface area contributed by atoms with Crippen molar-refractivity contribution in [3.63, 3.8) is 0 Å². The predicted octanol–water partition coefficient (Wildman–Crippen LogP) is -0.252. The number of hydrogen-bond acceptors (Lipinski definition) is 3. The first-order valence-corrected chi connectivity index (χ1v) is 2.46. The van der Waals surface area contributed by atoms with Crippen LogP contribution in [0.5, 0.6) is 0 Å². The van der Waals surface area contributed by atoms with E-state index in [0.717, 1.165) is 0 Å². The topological polar surface area (TPSA) is 43.4 Å². The third-order valence-corrected chi connectivity index (χ3v) is 1.14. The average Bonchev–Trinajstić information content (AvgIpc) is 2.14. The molecule has 0 bridgehead atoms. The fourth-order valence-electron chi connectivity index (χ4n) is 0.635. The largest absolute Gasteiger partial charge is 0.465 e. The lowest BCUT2D eigenvalue weighted by Crippen LogP contribution is -2.07. The van der Waals surface area contributed by atoms with Crippen LogP contribution in [0.1, 0.15) is 6.42 Å². The molecule has 0 unspecified atom stereocenters. The molecule has 0 aromatic heterocycles. The minimum Gasteiger partial charge on any atom is -0.465 e.